The van der Waals surface area contributed by atoms with E-state index in [1.165, 1.54) is 17.5 Å². The fourth-order valence-corrected chi connectivity index (χ4v) is 5.80. The lowest BCUT2D eigenvalue weighted by Gasteiger charge is -2.49. The van der Waals surface area contributed by atoms with E-state index in [1.54, 1.807) is 0 Å². The van der Waals surface area contributed by atoms with Crippen LogP contribution in [-0.2, 0) is 6.42 Å². The summed E-state index contributed by atoms with van der Waals surface area (Å²) in [6.45, 7) is 4.93. The number of hydrogen-bond acceptors (Lipinski definition) is 3. The molecule has 4 rings (SSSR count). The Hall–Kier alpha value is -1.06. The summed E-state index contributed by atoms with van der Waals surface area (Å²) < 4.78 is 5.66. The molecular weight excluding hydrogens is 288 g/mol. The largest absolute Gasteiger partial charge is 0.494 e. The molecule has 0 saturated heterocycles. The molecule has 2 saturated carbocycles. The van der Waals surface area contributed by atoms with Crippen molar-refractivity contribution in [1.29, 1.82) is 0 Å². The second-order valence-corrected chi connectivity index (χ2v) is 8.00. The number of aliphatic hydroxyl groups is 2. The fraction of sp³-hybridized carbons (Fsp3) is 0.700. The maximum Gasteiger partial charge on any atom is 0.119 e. The van der Waals surface area contributed by atoms with E-state index in [2.05, 4.69) is 25.1 Å². The van der Waals surface area contributed by atoms with Gasteiger partial charge in [-0.1, -0.05) is 13.0 Å². The molecule has 23 heavy (non-hydrogen) atoms. The highest BCUT2D eigenvalue weighted by atomic mass is 16.5. The lowest BCUT2D eigenvalue weighted by Crippen LogP contribution is -2.44. The van der Waals surface area contributed by atoms with E-state index in [0.29, 0.717) is 24.4 Å². The van der Waals surface area contributed by atoms with Crippen molar-refractivity contribution in [3.63, 3.8) is 0 Å². The van der Waals surface area contributed by atoms with Gasteiger partial charge in [0.2, 0.25) is 0 Å². The maximum absolute atomic E-state index is 10.5. The van der Waals surface area contributed by atoms with E-state index in [9.17, 15) is 10.2 Å². The Morgan fingerprint density at radius 1 is 1.26 bits per heavy atom. The van der Waals surface area contributed by atoms with E-state index in [1.807, 2.05) is 6.92 Å². The van der Waals surface area contributed by atoms with Crippen LogP contribution in [0.25, 0.3) is 0 Å². The van der Waals surface area contributed by atoms with Gasteiger partial charge in [0.25, 0.3) is 0 Å². The SMILES string of the molecule is CCOc1ccc2c(c1)CC[C@H]1[C@@H]2CC[C@]2(C)[C@@H]1C[C@H](O)[C@@H]2O. The molecule has 6 atom stereocenters. The number of ether oxygens (including phenoxy) is 1. The van der Waals surface area contributed by atoms with E-state index in [-0.39, 0.29) is 5.41 Å². The van der Waals surface area contributed by atoms with Crippen LogP contribution < -0.4 is 4.74 Å². The van der Waals surface area contributed by atoms with Crippen molar-refractivity contribution in [3.8, 4) is 5.75 Å². The third kappa shape index (κ3) is 2.24. The van der Waals surface area contributed by atoms with Crippen molar-refractivity contribution in [3.05, 3.63) is 29.3 Å². The van der Waals surface area contributed by atoms with Crippen LogP contribution in [0.3, 0.4) is 0 Å². The van der Waals surface area contributed by atoms with Gasteiger partial charge < -0.3 is 14.9 Å². The zero-order valence-corrected chi connectivity index (χ0v) is 14.2. The van der Waals surface area contributed by atoms with Crippen LogP contribution in [0.1, 0.15) is 56.6 Å². The molecule has 0 amide bonds. The molecule has 126 valence electrons. The first-order valence-electron chi connectivity index (χ1n) is 9.16. The van der Waals surface area contributed by atoms with Gasteiger partial charge in [-0.15, -0.1) is 0 Å². The summed E-state index contributed by atoms with van der Waals surface area (Å²) in [5.41, 5.74) is 2.84. The van der Waals surface area contributed by atoms with Crippen molar-refractivity contribution in [2.24, 2.45) is 17.3 Å². The van der Waals surface area contributed by atoms with Crippen LogP contribution in [0.15, 0.2) is 18.2 Å². The summed E-state index contributed by atoms with van der Waals surface area (Å²) >= 11 is 0. The van der Waals surface area contributed by atoms with Crippen LogP contribution in [0.2, 0.25) is 0 Å². The first kappa shape index (κ1) is 15.5. The molecule has 0 heterocycles. The Morgan fingerprint density at radius 2 is 2.09 bits per heavy atom. The minimum Gasteiger partial charge on any atom is -0.494 e. The Kier molecular flexibility index (Phi) is 3.69. The molecule has 2 N–H and O–H groups in total. The molecule has 0 spiro atoms. The smallest absolute Gasteiger partial charge is 0.119 e. The second-order valence-electron chi connectivity index (χ2n) is 8.00. The van der Waals surface area contributed by atoms with Crippen molar-refractivity contribution < 1.29 is 14.9 Å². The number of benzene rings is 1. The Balaban J connectivity index is 1.65. The van der Waals surface area contributed by atoms with Crippen molar-refractivity contribution in [1.82, 2.24) is 0 Å². The zero-order chi connectivity index (χ0) is 16.2. The van der Waals surface area contributed by atoms with E-state index in [0.717, 1.165) is 31.4 Å². The monoisotopic (exact) mass is 316 g/mol. The van der Waals surface area contributed by atoms with Gasteiger partial charge in [-0.25, -0.2) is 0 Å². The summed E-state index contributed by atoms with van der Waals surface area (Å²) in [5.74, 6) is 2.62. The number of aliphatic hydroxyl groups excluding tert-OH is 2. The maximum atomic E-state index is 10.5. The lowest BCUT2D eigenvalue weighted by atomic mass is 9.55. The summed E-state index contributed by atoms with van der Waals surface area (Å²) in [6, 6.07) is 6.60. The minimum absolute atomic E-state index is 0.0939. The fourth-order valence-electron chi connectivity index (χ4n) is 5.80. The molecule has 3 heteroatoms. The molecule has 3 aliphatic carbocycles. The Bertz CT molecular complexity index is 599. The summed E-state index contributed by atoms with van der Waals surface area (Å²) in [7, 11) is 0. The average Bonchev–Trinajstić information content (AvgIpc) is 2.78. The van der Waals surface area contributed by atoms with E-state index in [4.69, 9.17) is 4.74 Å². The van der Waals surface area contributed by atoms with Crippen molar-refractivity contribution in [2.75, 3.05) is 6.61 Å². The molecule has 0 bridgehead atoms. The van der Waals surface area contributed by atoms with Gasteiger partial charge in [0.1, 0.15) is 5.75 Å². The van der Waals surface area contributed by atoms with Crippen LogP contribution >= 0.6 is 0 Å². The van der Waals surface area contributed by atoms with Crippen LogP contribution in [-0.4, -0.2) is 29.0 Å². The predicted molar refractivity (Wildman–Crippen MR) is 89.6 cm³/mol. The average molecular weight is 316 g/mol. The van der Waals surface area contributed by atoms with Crippen molar-refractivity contribution >= 4 is 0 Å². The Labute approximate surface area is 138 Å². The molecule has 0 aromatic heterocycles. The minimum atomic E-state index is -0.546. The quantitative estimate of drug-likeness (QED) is 0.880. The molecule has 3 nitrogen and oxygen atoms in total. The highest BCUT2D eigenvalue weighted by Crippen LogP contribution is 2.60. The standard InChI is InChI=1S/C20H28O3/c1-3-23-13-5-7-14-12(10-13)4-6-16-15(14)8-9-20(2)17(16)11-18(21)19(20)22/h5,7,10,15-19,21-22H,3-4,6,8-9,11H2,1-2H3/t15-,16+,17-,18+,19+,20-/m1/s1. The molecule has 2 fully saturated rings. The second kappa shape index (κ2) is 5.49. The summed E-state index contributed by atoms with van der Waals surface area (Å²) in [6.07, 6.45) is 4.10. The van der Waals surface area contributed by atoms with E-state index >= 15 is 0 Å². The number of fused-ring (bicyclic) bond motifs is 5. The lowest BCUT2D eigenvalue weighted by molar-refractivity contribution is -0.0505. The topological polar surface area (TPSA) is 49.7 Å². The number of hydrogen-bond donors (Lipinski definition) is 2. The van der Waals surface area contributed by atoms with Gasteiger partial charge in [0, 0.05) is 0 Å². The van der Waals surface area contributed by atoms with Gasteiger partial charge in [0.15, 0.2) is 0 Å². The van der Waals surface area contributed by atoms with E-state index < -0.39 is 12.2 Å². The Morgan fingerprint density at radius 3 is 2.87 bits per heavy atom. The van der Waals surface area contributed by atoms with Gasteiger partial charge in [-0.3, -0.25) is 0 Å². The van der Waals surface area contributed by atoms with Crippen LogP contribution in [0.4, 0.5) is 0 Å². The van der Waals surface area contributed by atoms with Crippen molar-refractivity contribution in [2.45, 2.75) is 64.1 Å². The zero-order valence-electron chi connectivity index (χ0n) is 14.2. The highest BCUT2D eigenvalue weighted by molar-refractivity contribution is 5.40. The van der Waals surface area contributed by atoms with Gasteiger partial charge >= 0.3 is 0 Å². The molecular formula is C20H28O3. The third-order valence-electron chi connectivity index (χ3n) is 6.98. The van der Waals surface area contributed by atoms with Crippen LogP contribution in [0, 0.1) is 17.3 Å². The van der Waals surface area contributed by atoms with Gasteiger partial charge in [-0.05, 0) is 85.5 Å². The van der Waals surface area contributed by atoms with Gasteiger partial charge in [0.05, 0.1) is 18.8 Å². The summed E-state index contributed by atoms with van der Waals surface area (Å²) in [5, 5.41) is 20.7. The number of rotatable bonds is 2. The molecule has 0 radical (unpaired) electrons. The highest BCUT2D eigenvalue weighted by Gasteiger charge is 2.57. The predicted octanol–water partition coefficient (Wildman–Crippen LogP) is 3.27. The molecule has 3 aliphatic rings. The summed E-state index contributed by atoms with van der Waals surface area (Å²) in [4.78, 5) is 0. The molecule has 1 aromatic rings. The van der Waals surface area contributed by atoms with Gasteiger partial charge in [-0.2, -0.15) is 0 Å². The first-order chi connectivity index (χ1) is 11.0. The molecule has 1 aromatic carbocycles. The molecule has 0 aliphatic heterocycles. The number of aryl methyl sites for hydroxylation is 1. The van der Waals surface area contributed by atoms with Crippen LogP contribution in [0.5, 0.6) is 5.75 Å². The third-order valence-corrected chi connectivity index (χ3v) is 6.98. The normalized spacial score (nSPS) is 41.8. The molecule has 0 unspecified atom stereocenters. The first-order valence-corrected chi connectivity index (χ1v) is 9.16.